The van der Waals surface area contributed by atoms with Crippen molar-refractivity contribution < 1.29 is 14.6 Å². The van der Waals surface area contributed by atoms with Crippen molar-refractivity contribution >= 4 is 0 Å². The second-order valence-corrected chi connectivity index (χ2v) is 5.46. The Morgan fingerprint density at radius 2 is 2.05 bits per heavy atom. The summed E-state index contributed by atoms with van der Waals surface area (Å²) in [4.78, 5) is 2.05. The van der Waals surface area contributed by atoms with Gasteiger partial charge in [-0.1, -0.05) is 12.1 Å². The molecule has 4 nitrogen and oxygen atoms in total. The van der Waals surface area contributed by atoms with Crippen molar-refractivity contribution in [2.75, 3.05) is 33.4 Å². The van der Waals surface area contributed by atoms with Crippen LogP contribution in [-0.4, -0.2) is 55.6 Å². The molecule has 0 saturated carbocycles. The monoisotopic (exact) mass is 281 g/mol. The summed E-state index contributed by atoms with van der Waals surface area (Å²) in [5.74, 6) is 0.891. The van der Waals surface area contributed by atoms with Gasteiger partial charge in [-0.2, -0.15) is 0 Å². The quantitative estimate of drug-likeness (QED) is 0.752. The van der Waals surface area contributed by atoms with Crippen molar-refractivity contribution in [2.24, 2.45) is 0 Å². The zero-order chi connectivity index (χ0) is 15.0. The highest BCUT2D eigenvalue weighted by atomic mass is 16.5. The van der Waals surface area contributed by atoms with E-state index in [9.17, 15) is 5.11 Å². The van der Waals surface area contributed by atoms with Gasteiger partial charge >= 0.3 is 0 Å². The summed E-state index contributed by atoms with van der Waals surface area (Å²) in [5.41, 5.74) is 1.19. The van der Waals surface area contributed by atoms with Crippen LogP contribution in [0.4, 0.5) is 0 Å². The van der Waals surface area contributed by atoms with Gasteiger partial charge in [-0.3, -0.25) is 0 Å². The normalized spacial score (nSPS) is 12.9. The van der Waals surface area contributed by atoms with Crippen LogP contribution in [0, 0.1) is 6.92 Å². The molecule has 1 atom stereocenters. The lowest BCUT2D eigenvalue weighted by Crippen LogP contribution is -2.35. The fourth-order valence-corrected chi connectivity index (χ4v) is 1.83. The van der Waals surface area contributed by atoms with E-state index in [1.54, 1.807) is 0 Å². The third-order valence-electron chi connectivity index (χ3n) is 2.88. The first-order chi connectivity index (χ1) is 9.47. The lowest BCUT2D eigenvalue weighted by Gasteiger charge is -2.21. The largest absolute Gasteiger partial charge is 0.492 e. The maximum Gasteiger partial charge on any atom is 0.119 e. The van der Waals surface area contributed by atoms with Crippen molar-refractivity contribution in [2.45, 2.75) is 33.0 Å². The van der Waals surface area contributed by atoms with Gasteiger partial charge in [0.2, 0.25) is 0 Å². The number of likely N-dealkylation sites (N-methyl/N-ethyl adjacent to an activating group) is 1. The van der Waals surface area contributed by atoms with Crippen LogP contribution in [0.5, 0.6) is 5.75 Å². The van der Waals surface area contributed by atoms with E-state index < -0.39 is 6.10 Å². The van der Waals surface area contributed by atoms with Crippen LogP contribution in [0.2, 0.25) is 0 Å². The zero-order valence-electron chi connectivity index (χ0n) is 13.0. The van der Waals surface area contributed by atoms with Crippen LogP contribution in [0.25, 0.3) is 0 Å². The molecule has 0 radical (unpaired) electrons. The maximum atomic E-state index is 9.81. The van der Waals surface area contributed by atoms with Gasteiger partial charge in [0.1, 0.15) is 12.4 Å². The first-order valence-electron chi connectivity index (χ1n) is 7.15. The van der Waals surface area contributed by atoms with E-state index in [0.29, 0.717) is 19.8 Å². The summed E-state index contributed by atoms with van der Waals surface area (Å²) in [6.45, 7) is 8.32. The average molecular weight is 281 g/mol. The first-order valence-corrected chi connectivity index (χ1v) is 7.15. The predicted molar refractivity (Wildman–Crippen MR) is 81.3 cm³/mol. The van der Waals surface area contributed by atoms with Crippen LogP contribution in [0.1, 0.15) is 19.4 Å². The molecule has 0 bridgehead atoms. The van der Waals surface area contributed by atoms with Crippen LogP contribution in [0.15, 0.2) is 24.3 Å². The molecule has 1 aromatic carbocycles. The number of ether oxygens (including phenoxy) is 2. The van der Waals surface area contributed by atoms with Crippen molar-refractivity contribution in [1.82, 2.24) is 4.90 Å². The lowest BCUT2D eigenvalue weighted by atomic mass is 10.2. The number of hydrogen-bond donors (Lipinski definition) is 1. The SMILES string of the molecule is Cc1cccc(OCCN(C)C[C@@H](O)COC(C)C)c1. The van der Waals surface area contributed by atoms with E-state index >= 15 is 0 Å². The molecule has 0 saturated heterocycles. The molecule has 4 heteroatoms. The summed E-state index contributed by atoms with van der Waals surface area (Å²) >= 11 is 0. The summed E-state index contributed by atoms with van der Waals surface area (Å²) in [7, 11) is 1.97. The molecule has 0 aliphatic rings. The average Bonchev–Trinajstić information content (AvgIpc) is 2.36. The van der Waals surface area contributed by atoms with Crippen LogP contribution < -0.4 is 4.74 Å². The third-order valence-corrected chi connectivity index (χ3v) is 2.88. The van der Waals surface area contributed by atoms with Gasteiger partial charge in [-0.05, 0) is 45.5 Å². The topological polar surface area (TPSA) is 41.9 Å². The molecule has 0 unspecified atom stereocenters. The van der Waals surface area contributed by atoms with Crippen LogP contribution >= 0.6 is 0 Å². The molecular weight excluding hydrogens is 254 g/mol. The van der Waals surface area contributed by atoms with E-state index in [0.717, 1.165) is 12.3 Å². The molecule has 0 aliphatic heterocycles. The van der Waals surface area contributed by atoms with Gasteiger partial charge in [0.05, 0.1) is 18.8 Å². The molecule has 0 aromatic heterocycles. The molecule has 0 aliphatic carbocycles. The summed E-state index contributed by atoms with van der Waals surface area (Å²) in [5, 5.41) is 9.81. The van der Waals surface area contributed by atoms with Crippen molar-refractivity contribution in [1.29, 1.82) is 0 Å². The Kier molecular flexibility index (Phi) is 7.59. The van der Waals surface area contributed by atoms with Gasteiger partial charge < -0.3 is 19.5 Å². The number of aliphatic hydroxyl groups is 1. The summed E-state index contributed by atoms with van der Waals surface area (Å²) in [6, 6.07) is 8.01. The second kappa shape index (κ2) is 8.95. The van der Waals surface area contributed by atoms with Gasteiger partial charge in [0, 0.05) is 13.1 Å². The van der Waals surface area contributed by atoms with Crippen LogP contribution in [0.3, 0.4) is 0 Å². The standard InChI is InChI=1S/C16H27NO3/c1-13(2)20-12-15(18)11-17(4)8-9-19-16-7-5-6-14(3)10-16/h5-7,10,13,15,18H,8-9,11-12H2,1-4H3/t15-/m1/s1. The molecular formula is C16H27NO3. The molecule has 0 amide bonds. The molecule has 0 heterocycles. The van der Waals surface area contributed by atoms with E-state index in [4.69, 9.17) is 9.47 Å². The second-order valence-electron chi connectivity index (χ2n) is 5.46. The summed E-state index contributed by atoms with van der Waals surface area (Å²) in [6.07, 6.45) is -0.305. The molecule has 1 rings (SSSR count). The minimum absolute atomic E-state index is 0.152. The zero-order valence-corrected chi connectivity index (χ0v) is 13.0. The fourth-order valence-electron chi connectivity index (χ4n) is 1.83. The van der Waals surface area contributed by atoms with Crippen LogP contribution in [-0.2, 0) is 4.74 Å². The number of hydrogen-bond acceptors (Lipinski definition) is 4. The number of benzene rings is 1. The highest BCUT2D eigenvalue weighted by molar-refractivity contribution is 5.27. The first kappa shape index (κ1) is 17.0. The predicted octanol–water partition coefficient (Wildman–Crippen LogP) is 2.09. The van der Waals surface area contributed by atoms with E-state index in [1.165, 1.54) is 5.56 Å². The van der Waals surface area contributed by atoms with E-state index in [-0.39, 0.29) is 6.10 Å². The maximum absolute atomic E-state index is 9.81. The Labute approximate surface area is 122 Å². The van der Waals surface area contributed by atoms with Gasteiger partial charge in [-0.25, -0.2) is 0 Å². The Bertz CT molecular complexity index is 382. The lowest BCUT2D eigenvalue weighted by molar-refractivity contribution is -0.00649. The van der Waals surface area contributed by atoms with Crippen molar-refractivity contribution in [3.05, 3.63) is 29.8 Å². The third kappa shape index (κ3) is 7.48. The van der Waals surface area contributed by atoms with Gasteiger partial charge in [0.25, 0.3) is 0 Å². The van der Waals surface area contributed by atoms with Gasteiger partial charge in [0.15, 0.2) is 0 Å². The Balaban J connectivity index is 2.18. The number of aryl methyl sites for hydroxylation is 1. The van der Waals surface area contributed by atoms with Crippen molar-refractivity contribution in [3.8, 4) is 5.75 Å². The van der Waals surface area contributed by atoms with E-state index in [2.05, 4.69) is 0 Å². The highest BCUT2D eigenvalue weighted by Gasteiger charge is 2.09. The summed E-state index contributed by atoms with van der Waals surface area (Å²) < 4.78 is 11.1. The molecule has 20 heavy (non-hydrogen) atoms. The fraction of sp³-hybridized carbons (Fsp3) is 0.625. The minimum atomic E-state index is -0.457. The minimum Gasteiger partial charge on any atom is -0.492 e. The number of aliphatic hydroxyl groups excluding tert-OH is 1. The number of nitrogens with zero attached hydrogens (tertiary/aromatic N) is 1. The molecule has 114 valence electrons. The Hall–Kier alpha value is -1.10. The Morgan fingerprint density at radius 1 is 1.30 bits per heavy atom. The molecule has 1 N–H and O–H groups in total. The van der Waals surface area contributed by atoms with Gasteiger partial charge in [-0.15, -0.1) is 0 Å². The smallest absolute Gasteiger partial charge is 0.119 e. The van der Waals surface area contributed by atoms with E-state index in [1.807, 2.05) is 57.0 Å². The molecule has 1 aromatic rings. The van der Waals surface area contributed by atoms with Crippen molar-refractivity contribution in [3.63, 3.8) is 0 Å². The molecule has 0 fully saturated rings. The Morgan fingerprint density at radius 3 is 2.70 bits per heavy atom. The highest BCUT2D eigenvalue weighted by Crippen LogP contribution is 2.12. The molecule has 0 spiro atoms. The number of rotatable bonds is 9.